The lowest BCUT2D eigenvalue weighted by atomic mass is 9.94. The minimum absolute atomic E-state index is 0.552. The highest BCUT2D eigenvalue weighted by atomic mass is 15.3. The zero-order chi connectivity index (χ0) is 21.5. The van der Waals surface area contributed by atoms with Crippen LogP contribution in [0.3, 0.4) is 0 Å². The summed E-state index contributed by atoms with van der Waals surface area (Å²) < 4.78 is 1.98. The number of aromatic nitrogens is 3. The van der Waals surface area contributed by atoms with E-state index in [9.17, 15) is 0 Å². The van der Waals surface area contributed by atoms with Gasteiger partial charge in [0.1, 0.15) is 0 Å². The third kappa shape index (κ3) is 5.41. The molecule has 2 heterocycles. The maximum absolute atomic E-state index is 4.37. The Bertz CT molecular complexity index is 1000. The number of nitrogens with zero attached hydrogens (tertiary/aromatic N) is 5. The lowest BCUT2D eigenvalue weighted by molar-refractivity contribution is 0.184. The smallest absolute Gasteiger partial charge is 0.191 e. The fourth-order valence-electron chi connectivity index (χ4n) is 4.38. The number of hydrogen-bond donors (Lipinski definition) is 2. The van der Waals surface area contributed by atoms with E-state index < -0.39 is 0 Å². The summed E-state index contributed by atoms with van der Waals surface area (Å²) in [6.07, 6.45) is 8.74. The average Bonchev–Trinajstić information content (AvgIpc) is 3.24. The predicted octanol–water partition coefficient (Wildman–Crippen LogP) is 3.36. The van der Waals surface area contributed by atoms with Gasteiger partial charge in [0.05, 0.1) is 6.54 Å². The average molecular weight is 420 g/mol. The molecule has 3 aromatic rings. The van der Waals surface area contributed by atoms with E-state index in [2.05, 4.69) is 62.0 Å². The molecule has 1 aliphatic carbocycles. The number of rotatable bonds is 7. The van der Waals surface area contributed by atoms with Crippen molar-refractivity contribution >= 4 is 11.6 Å². The second kappa shape index (κ2) is 10.4. The highest BCUT2D eigenvalue weighted by Gasteiger charge is 2.18. The van der Waals surface area contributed by atoms with Gasteiger partial charge in [0.15, 0.2) is 17.4 Å². The van der Waals surface area contributed by atoms with Gasteiger partial charge in [-0.2, -0.15) is 0 Å². The molecule has 1 aromatic carbocycles. The van der Waals surface area contributed by atoms with Crippen LogP contribution in [0.1, 0.15) is 49.1 Å². The summed E-state index contributed by atoms with van der Waals surface area (Å²) in [6.45, 7) is 2.27. The van der Waals surface area contributed by atoms with Gasteiger partial charge in [-0.05, 0) is 43.1 Å². The predicted molar refractivity (Wildman–Crippen MR) is 125 cm³/mol. The van der Waals surface area contributed by atoms with Crippen molar-refractivity contribution in [3.63, 3.8) is 0 Å². The van der Waals surface area contributed by atoms with Crippen molar-refractivity contribution in [2.75, 3.05) is 14.1 Å². The molecule has 0 unspecified atom stereocenters. The Labute approximate surface area is 184 Å². The molecule has 0 saturated heterocycles. The molecule has 164 valence electrons. The van der Waals surface area contributed by atoms with E-state index in [4.69, 9.17) is 0 Å². The normalized spacial score (nSPS) is 15.5. The minimum Gasteiger partial charge on any atom is -0.352 e. The second-order valence-electron chi connectivity index (χ2n) is 8.30. The third-order valence-electron chi connectivity index (χ3n) is 6.20. The lowest BCUT2D eigenvalue weighted by Crippen LogP contribution is -2.37. The summed E-state index contributed by atoms with van der Waals surface area (Å²) in [5.74, 6) is 1.61. The lowest BCUT2D eigenvalue weighted by Gasteiger charge is -2.31. The maximum atomic E-state index is 4.37. The van der Waals surface area contributed by atoms with E-state index in [1.165, 1.54) is 43.2 Å². The first-order chi connectivity index (χ1) is 15.2. The van der Waals surface area contributed by atoms with Gasteiger partial charge < -0.3 is 10.6 Å². The van der Waals surface area contributed by atoms with Gasteiger partial charge >= 0.3 is 0 Å². The van der Waals surface area contributed by atoms with Gasteiger partial charge in [0.2, 0.25) is 0 Å². The van der Waals surface area contributed by atoms with Crippen LogP contribution in [0.5, 0.6) is 0 Å². The van der Waals surface area contributed by atoms with Crippen LogP contribution in [0.25, 0.3) is 5.65 Å². The fourth-order valence-corrected chi connectivity index (χ4v) is 4.38. The number of nitrogens with one attached hydrogen (secondary N) is 2. The quantitative estimate of drug-likeness (QED) is 0.454. The van der Waals surface area contributed by atoms with Crippen molar-refractivity contribution in [2.24, 2.45) is 4.99 Å². The zero-order valence-corrected chi connectivity index (χ0v) is 18.6. The molecule has 7 nitrogen and oxygen atoms in total. The summed E-state index contributed by atoms with van der Waals surface area (Å²) in [5.41, 5.74) is 3.53. The van der Waals surface area contributed by atoms with E-state index in [1.54, 1.807) is 7.05 Å². The zero-order valence-electron chi connectivity index (χ0n) is 18.6. The van der Waals surface area contributed by atoms with Crippen LogP contribution in [0.15, 0.2) is 53.7 Å². The summed E-state index contributed by atoms with van der Waals surface area (Å²) in [6, 6.07) is 15.3. The van der Waals surface area contributed by atoms with Gasteiger partial charge in [-0.1, -0.05) is 49.6 Å². The summed E-state index contributed by atoms with van der Waals surface area (Å²) in [4.78, 5) is 6.90. The molecule has 7 heteroatoms. The topological polar surface area (TPSA) is 69.8 Å². The Morgan fingerprint density at radius 2 is 1.74 bits per heavy atom. The molecule has 1 saturated carbocycles. The molecule has 1 aliphatic rings. The van der Waals surface area contributed by atoms with Gasteiger partial charge in [0.25, 0.3) is 0 Å². The molecule has 1 fully saturated rings. The van der Waals surface area contributed by atoms with Gasteiger partial charge in [0, 0.05) is 32.4 Å². The van der Waals surface area contributed by atoms with E-state index >= 15 is 0 Å². The largest absolute Gasteiger partial charge is 0.352 e. The highest BCUT2D eigenvalue weighted by molar-refractivity contribution is 5.79. The fraction of sp³-hybridized carbons (Fsp3) is 0.458. The summed E-state index contributed by atoms with van der Waals surface area (Å²) in [5, 5.41) is 15.3. The van der Waals surface area contributed by atoms with E-state index in [1.807, 2.05) is 28.8 Å². The van der Waals surface area contributed by atoms with Crippen LogP contribution in [-0.4, -0.2) is 45.6 Å². The van der Waals surface area contributed by atoms with Crippen LogP contribution in [0.2, 0.25) is 0 Å². The monoisotopic (exact) mass is 419 g/mol. The number of guanidine groups is 1. The third-order valence-corrected chi connectivity index (χ3v) is 6.20. The van der Waals surface area contributed by atoms with Crippen LogP contribution in [-0.2, 0) is 19.6 Å². The molecule has 4 rings (SSSR count). The van der Waals surface area contributed by atoms with E-state index in [-0.39, 0.29) is 0 Å². The first-order valence-electron chi connectivity index (χ1n) is 11.2. The van der Waals surface area contributed by atoms with Crippen LogP contribution in [0.4, 0.5) is 0 Å². The first kappa shape index (κ1) is 21.3. The molecular formula is C24H33N7. The maximum Gasteiger partial charge on any atom is 0.191 e. The molecular weight excluding hydrogens is 386 g/mol. The Hall–Kier alpha value is -2.93. The van der Waals surface area contributed by atoms with Crippen molar-refractivity contribution in [2.45, 2.75) is 57.8 Å². The molecule has 0 aliphatic heterocycles. The van der Waals surface area contributed by atoms with E-state index in [0.29, 0.717) is 12.6 Å². The summed E-state index contributed by atoms with van der Waals surface area (Å²) in [7, 11) is 4.06. The van der Waals surface area contributed by atoms with Crippen molar-refractivity contribution in [1.29, 1.82) is 0 Å². The van der Waals surface area contributed by atoms with Crippen LogP contribution < -0.4 is 10.6 Å². The van der Waals surface area contributed by atoms with Crippen LogP contribution in [0, 0.1) is 0 Å². The molecule has 0 amide bonds. The number of aliphatic imine (C=N–C) groups is 1. The van der Waals surface area contributed by atoms with E-state index in [0.717, 1.165) is 30.5 Å². The Morgan fingerprint density at radius 3 is 2.55 bits per heavy atom. The van der Waals surface area contributed by atoms with Gasteiger partial charge in [-0.15, -0.1) is 10.2 Å². The van der Waals surface area contributed by atoms with Crippen molar-refractivity contribution in [3.05, 3.63) is 65.6 Å². The molecule has 2 N–H and O–H groups in total. The molecule has 0 bridgehead atoms. The Balaban J connectivity index is 1.34. The molecule has 0 spiro atoms. The van der Waals surface area contributed by atoms with Gasteiger partial charge in [-0.3, -0.25) is 14.3 Å². The number of pyridine rings is 1. The highest BCUT2D eigenvalue weighted by Crippen LogP contribution is 2.23. The second-order valence-corrected chi connectivity index (χ2v) is 8.30. The molecule has 31 heavy (non-hydrogen) atoms. The molecule has 0 radical (unpaired) electrons. The van der Waals surface area contributed by atoms with Crippen molar-refractivity contribution < 1.29 is 0 Å². The summed E-state index contributed by atoms with van der Waals surface area (Å²) >= 11 is 0. The SMILES string of the molecule is CN=C(NCc1ccccc1CN(C)C1CCCCC1)NCc1nnc2ccccn12. The molecule has 0 atom stereocenters. The first-order valence-corrected chi connectivity index (χ1v) is 11.2. The molecule has 2 aromatic heterocycles. The minimum atomic E-state index is 0.552. The van der Waals surface area contributed by atoms with Crippen molar-refractivity contribution in [3.8, 4) is 0 Å². The number of benzene rings is 1. The standard InChI is InChI=1S/C24H33N7/c1-25-24(27-17-23-29-28-22-14-8-9-15-31(22)23)26-16-19-10-6-7-11-20(19)18-30(2)21-12-4-3-5-13-21/h6-11,14-15,21H,3-5,12-13,16-18H2,1-2H3,(H2,25,26,27). The van der Waals surface area contributed by atoms with Crippen molar-refractivity contribution in [1.82, 2.24) is 30.1 Å². The number of hydrogen-bond acceptors (Lipinski definition) is 4. The Kier molecular flexibility index (Phi) is 7.14. The Morgan fingerprint density at radius 1 is 1.00 bits per heavy atom. The van der Waals surface area contributed by atoms with Crippen LogP contribution >= 0.6 is 0 Å². The van der Waals surface area contributed by atoms with Gasteiger partial charge in [-0.25, -0.2) is 0 Å². The number of fused-ring (bicyclic) bond motifs is 1.